The molecule has 156 valence electrons. The van der Waals surface area contributed by atoms with Crippen LogP contribution in [0.4, 0.5) is 11.5 Å². The lowest BCUT2D eigenvalue weighted by Gasteiger charge is -2.27. The quantitative estimate of drug-likeness (QED) is 0.597. The first-order valence-corrected chi connectivity index (χ1v) is 10.5. The van der Waals surface area contributed by atoms with E-state index >= 15 is 0 Å². The smallest absolute Gasteiger partial charge is 0.346 e. The van der Waals surface area contributed by atoms with Crippen molar-refractivity contribution in [2.75, 3.05) is 11.4 Å². The molecule has 0 spiro atoms. The largest absolute Gasteiger partial charge is 0.373 e. The second-order valence-corrected chi connectivity index (χ2v) is 7.80. The highest BCUT2D eigenvalue weighted by Crippen LogP contribution is 2.29. The van der Waals surface area contributed by atoms with E-state index < -0.39 is 17.8 Å². The molecular formula is C21H27ClN4O3. The number of hydrogen-bond donors (Lipinski definition) is 3. The Bertz CT molecular complexity index is 895. The summed E-state index contributed by atoms with van der Waals surface area (Å²) in [5, 5.41) is 13.4. The monoisotopic (exact) mass is 418 g/mol. The minimum absolute atomic E-state index is 0.0770. The van der Waals surface area contributed by atoms with E-state index in [1.54, 1.807) is 24.3 Å². The number of nitrogens with one attached hydrogen (secondary N) is 2. The van der Waals surface area contributed by atoms with Crippen molar-refractivity contribution in [3.8, 4) is 0 Å². The van der Waals surface area contributed by atoms with Crippen molar-refractivity contribution < 1.29 is 9.90 Å². The lowest BCUT2D eigenvalue weighted by Crippen LogP contribution is -2.41. The second-order valence-electron chi connectivity index (χ2n) is 7.39. The fourth-order valence-corrected chi connectivity index (χ4v) is 3.97. The van der Waals surface area contributed by atoms with E-state index in [4.69, 9.17) is 11.6 Å². The van der Waals surface area contributed by atoms with Crippen molar-refractivity contribution in [3.05, 3.63) is 51.5 Å². The normalized spacial score (nSPS) is 15.7. The van der Waals surface area contributed by atoms with Crippen molar-refractivity contribution in [1.29, 1.82) is 0 Å². The van der Waals surface area contributed by atoms with Crippen molar-refractivity contribution in [2.24, 2.45) is 5.92 Å². The molecule has 1 heterocycles. The van der Waals surface area contributed by atoms with Gasteiger partial charge in [0.1, 0.15) is 12.0 Å². The summed E-state index contributed by atoms with van der Waals surface area (Å²) >= 11 is 6.28. The van der Waals surface area contributed by atoms with Crippen LogP contribution in [0, 0.1) is 5.92 Å². The third kappa shape index (κ3) is 5.36. The number of carbonyl (C=O) groups is 1. The molecule has 1 aliphatic rings. The summed E-state index contributed by atoms with van der Waals surface area (Å²) in [5.41, 5.74) is 0.568. The molecule has 1 aliphatic carbocycles. The van der Waals surface area contributed by atoms with Gasteiger partial charge in [0.15, 0.2) is 0 Å². The van der Waals surface area contributed by atoms with Gasteiger partial charge in [0.05, 0.1) is 10.6 Å². The van der Waals surface area contributed by atoms with E-state index in [0.717, 1.165) is 37.8 Å². The Balaban J connectivity index is 1.83. The number of nitrogens with zero attached hydrogens (tertiary/aromatic N) is 2. The molecule has 7 nitrogen and oxygen atoms in total. The van der Waals surface area contributed by atoms with Gasteiger partial charge in [0, 0.05) is 24.3 Å². The molecule has 29 heavy (non-hydrogen) atoms. The molecule has 0 radical (unpaired) electrons. The molecule has 8 heteroatoms. The van der Waals surface area contributed by atoms with Crippen molar-refractivity contribution >= 4 is 29.0 Å². The fourth-order valence-electron chi connectivity index (χ4n) is 3.76. The Morgan fingerprint density at radius 2 is 2.10 bits per heavy atom. The number of aromatic amines is 1. The van der Waals surface area contributed by atoms with Gasteiger partial charge >= 0.3 is 5.69 Å². The maximum absolute atomic E-state index is 12.8. The van der Waals surface area contributed by atoms with E-state index in [1.165, 1.54) is 12.6 Å². The molecule has 1 aromatic heterocycles. The van der Waals surface area contributed by atoms with Crippen LogP contribution in [0.25, 0.3) is 0 Å². The van der Waals surface area contributed by atoms with Crippen molar-refractivity contribution in [2.45, 2.75) is 51.7 Å². The van der Waals surface area contributed by atoms with Crippen LogP contribution in [0.2, 0.25) is 5.02 Å². The van der Waals surface area contributed by atoms with E-state index in [1.807, 2.05) is 11.8 Å². The average Bonchev–Trinajstić information content (AvgIpc) is 2.73. The van der Waals surface area contributed by atoms with Gasteiger partial charge in [-0.3, -0.25) is 9.78 Å². The number of carbonyl (C=O) groups excluding carboxylic acids is 1. The van der Waals surface area contributed by atoms with Crippen LogP contribution in [-0.2, 0) is 0 Å². The maximum Gasteiger partial charge on any atom is 0.346 e. The van der Waals surface area contributed by atoms with E-state index in [9.17, 15) is 14.7 Å². The fraction of sp³-hybridized carbons (Fsp3) is 0.476. The molecule has 3 N–H and O–H groups in total. The van der Waals surface area contributed by atoms with Gasteiger partial charge in [-0.1, -0.05) is 37.8 Å². The summed E-state index contributed by atoms with van der Waals surface area (Å²) in [6.45, 7) is 2.66. The molecule has 1 atom stereocenters. The highest BCUT2D eigenvalue weighted by atomic mass is 35.5. The first-order valence-electron chi connectivity index (χ1n) is 10.1. The van der Waals surface area contributed by atoms with Crippen LogP contribution in [0.3, 0.4) is 0 Å². The molecule has 1 unspecified atom stereocenters. The number of aliphatic hydroxyl groups is 1. The molecule has 3 rings (SSSR count). The zero-order chi connectivity index (χ0) is 20.8. The molecule has 2 aromatic rings. The van der Waals surface area contributed by atoms with Gasteiger partial charge in [0.25, 0.3) is 5.91 Å². The van der Waals surface area contributed by atoms with Gasteiger partial charge < -0.3 is 15.3 Å². The van der Waals surface area contributed by atoms with Crippen LogP contribution >= 0.6 is 11.6 Å². The van der Waals surface area contributed by atoms with Crippen molar-refractivity contribution in [1.82, 2.24) is 15.3 Å². The highest BCUT2D eigenvalue weighted by molar-refractivity contribution is 6.34. The van der Waals surface area contributed by atoms with Crippen molar-refractivity contribution in [3.63, 3.8) is 0 Å². The van der Waals surface area contributed by atoms with Crippen LogP contribution < -0.4 is 15.9 Å². The highest BCUT2D eigenvalue weighted by Gasteiger charge is 2.24. The number of H-pyrrole nitrogens is 1. The van der Waals surface area contributed by atoms with Crippen LogP contribution in [0.5, 0.6) is 0 Å². The summed E-state index contributed by atoms with van der Waals surface area (Å²) < 4.78 is 0. The van der Waals surface area contributed by atoms with Gasteiger partial charge in [-0.15, -0.1) is 0 Å². The minimum atomic E-state index is -0.883. The summed E-state index contributed by atoms with van der Waals surface area (Å²) in [7, 11) is 0. The SMILES string of the molecule is CCCN(c1ccc(Cl)c(C(=O)NC(O)C2CCCCC2)c1)c1ccnc(=O)[nH]1. The Hall–Kier alpha value is -2.38. The van der Waals surface area contributed by atoms with E-state index in [0.29, 0.717) is 17.4 Å². The van der Waals surface area contributed by atoms with Gasteiger partial charge in [-0.25, -0.2) is 9.78 Å². The molecular weight excluding hydrogens is 392 g/mol. The minimum Gasteiger partial charge on any atom is -0.373 e. The average molecular weight is 419 g/mol. The van der Waals surface area contributed by atoms with E-state index in [-0.39, 0.29) is 11.5 Å². The number of hydrogen-bond acceptors (Lipinski definition) is 5. The first-order chi connectivity index (χ1) is 14.0. The maximum atomic E-state index is 12.8. The Kier molecular flexibility index (Phi) is 7.28. The van der Waals surface area contributed by atoms with E-state index in [2.05, 4.69) is 15.3 Å². The third-order valence-electron chi connectivity index (χ3n) is 5.28. The van der Waals surface area contributed by atoms with Crippen LogP contribution in [-0.4, -0.2) is 33.8 Å². The second kappa shape index (κ2) is 9.89. The number of anilines is 2. The standard InChI is InChI=1S/C21H27ClN4O3/c1-2-12-26(18-10-11-23-21(29)24-18)15-8-9-17(22)16(13-15)20(28)25-19(27)14-6-4-3-5-7-14/h8-11,13-14,19,27H,2-7,12H2,1H3,(H,25,28)(H,23,24,29). The molecule has 1 saturated carbocycles. The molecule has 0 aliphatic heterocycles. The zero-order valence-electron chi connectivity index (χ0n) is 16.5. The predicted molar refractivity (Wildman–Crippen MR) is 114 cm³/mol. The number of halogens is 1. The topological polar surface area (TPSA) is 98.3 Å². The predicted octanol–water partition coefficient (Wildman–Crippen LogP) is 3.60. The number of aliphatic hydroxyl groups excluding tert-OH is 1. The van der Waals surface area contributed by atoms with Gasteiger partial charge in [-0.05, 0) is 43.5 Å². The summed E-state index contributed by atoms with van der Waals surface area (Å²) in [4.78, 5) is 32.7. The Morgan fingerprint density at radius 1 is 1.34 bits per heavy atom. The van der Waals surface area contributed by atoms with Gasteiger partial charge in [-0.2, -0.15) is 0 Å². The molecule has 1 fully saturated rings. The summed E-state index contributed by atoms with van der Waals surface area (Å²) in [6.07, 6.45) is 6.54. The van der Waals surface area contributed by atoms with Gasteiger partial charge in [0.2, 0.25) is 0 Å². The molecule has 1 aromatic carbocycles. The number of rotatable bonds is 7. The molecule has 0 bridgehead atoms. The molecule has 0 saturated heterocycles. The number of amides is 1. The first kappa shape index (κ1) is 21.3. The molecule has 1 amide bonds. The summed E-state index contributed by atoms with van der Waals surface area (Å²) in [5.74, 6) is 0.255. The van der Waals surface area contributed by atoms with Crippen LogP contribution in [0.1, 0.15) is 55.8 Å². The lowest BCUT2D eigenvalue weighted by molar-refractivity contribution is 0.0463. The number of benzene rings is 1. The zero-order valence-corrected chi connectivity index (χ0v) is 17.3. The summed E-state index contributed by atoms with van der Waals surface area (Å²) in [6, 6.07) is 6.84. The van der Waals surface area contributed by atoms with Crippen LogP contribution in [0.15, 0.2) is 35.3 Å². The third-order valence-corrected chi connectivity index (χ3v) is 5.61. The lowest BCUT2D eigenvalue weighted by atomic mass is 9.88. The number of aromatic nitrogens is 2. The Labute approximate surface area is 175 Å². The Morgan fingerprint density at radius 3 is 2.79 bits per heavy atom.